The van der Waals surface area contributed by atoms with E-state index in [0.29, 0.717) is 17.1 Å². The van der Waals surface area contributed by atoms with Crippen molar-refractivity contribution in [3.8, 4) is 11.5 Å². The van der Waals surface area contributed by atoms with Crippen LogP contribution in [0.4, 0.5) is 5.69 Å². The highest BCUT2D eigenvalue weighted by atomic mass is 32.2. The molecule has 0 spiro atoms. The van der Waals surface area contributed by atoms with Crippen molar-refractivity contribution >= 4 is 15.7 Å². The summed E-state index contributed by atoms with van der Waals surface area (Å²) in [6.07, 6.45) is 3.22. The van der Waals surface area contributed by atoms with Crippen molar-refractivity contribution in [3.63, 3.8) is 0 Å². The Hall–Kier alpha value is -3.21. The largest absolute Gasteiger partial charge is 0.497 e. The van der Waals surface area contributed by atoms with Crippen LogP contribution in [-0.4, -0.2) is 49.1 Å². The highest BCUT2D eigenvalue weighted by Crippen LogP contribution is 2.30. The Morgan fingerprint density at radius 1 is 1.19 bits per heavy atom. The normalized spacial score (nSPS) is 13.7. The SMILES string of the molecule is C=C[C@H]([C@@H](O)/C=C/C)N(Cc1ccc(OC)cc1OC)S(=O)(=O)c1ccc([N+](=O)[O-])cc1. The van der Waals surface area contributed by atoms with Gasteiger partial charge in [0.25, 0.3) is 5.69 Å². The first-order valence-electron chi connectivity index (χ1n) is 9.60. The zero-order valence-electron chi connectivity index (χ0n) is 18.0. The number of nitro groups is 1. The summed E-state index contributed by atoms with van der Waals surface area (Å²) in [6, 6.07) is 8.49. The zero-order valence-corrected chi connectivity index (χ0v) is 18.9. The average molecular weight is 463 g/mol. The van der Waals surface area contributed by atoms with Gasteiger partial charge in [0, 0.05) is 30.3 Å². The number of rotatable bonds is 11. The molecule has 172 valence electrons. The summed E-state index contributed by atoms with van der Waals surface area (Å²) >= 11 is 0. The highest BCUT2D eigenvalue weighted by Gasteiger charge is 2.34. The van der Waals surface area contributed by atoms with E-state index < -0.39 is 27.1 Å². The molecule has 0 saturated carbocycles. The molecule has 0 radical (unpaired) electrons. The van der Waals surface area contributed by atoms with E-state index in [1.165, 1.54) is 26.4 Å². The Labute approximate surface area is 187 Å². The van der Waals surface area contributed by atoms with Gasteiger partial charge in [0.05, 0.1) is 36.2 Å². The Morgan fingerprint density at radius 2 is 1.84 bits per heavy atom. The number of benzene rings is 2. The van der Waals surface area contributed by atoms with Crippen LogP contribution in [0.5, 0.6) is 11.5 Å². The van der Waals surface area contributed by atoms with Gasteiger partial charge in [-0.15, -0.1) is 6.58 Å². The lowest BCUT2D eigenvalue weighted by atomic mass is 10.1. The predicted octanol–water partition coefficient (Wildman–Crippen LogP) is 3.29. The van der Waals surface area contributed by atoms with Crippen LogP contribution >= 0.6 is 0 Å². The maximum atomic E-state index is 13.6. The molecule has 10 heteroatoms. The van der Waals surface area contributed by atoms with Crippen LogP contribution in [-0.2, 0) is 16.6 Å². The van der Waals surface area contributed by atoms with Gasteiger partial charge < -0.3 is 14.6 Å². The van der Waals surface area contributed by atoms with E-state index in [1.54, 1.807) is 31.2 Å². The van der Waals surface area contributed by atoms with Crippen LogP contribution in [0.15, 0.2) is 72.2 Å². The van der Waals surface area contributed by atoms with E-state index in [1.807, 2.05) is 0 Å². The number of aliphatic hydroxyl groups is 1. The third-order valence-electron chi connectivity index (χ3n) is 4.79. The molecule has 32 heavy (non-hydrogen) atoms. The number of hydrogen-bond donors (Lipinski definition) is 1. The lowest BCUT2D eigenvalue weighted by Gasteiger charge is -2.31. The molecule has 0 aliphatic carbocycles. The summed E-state index contributed by atoms with van der Waals surface area (Å²) in [7, 11) is -1.25. The summed E-state index contributed by atoms with van der Waals surface area (Å²) < 4.78 is 38.8. The molecule has 0 aliphatic rings. The summed E-state index contributed by atoms with van der Waals surface area (Å²) in [6.45, 7) is 5.25. The van der Waals surface area contributed by atoms with Gasteiger partial charge >= 0.3 is 0 Å². The number of allylic oxidation sites excluding steroid dienone is 1. The summed E-state index contributed by atoms with van der Waals surface area (Å²) in [5.41, 5.74) is 0.292. The van der Waals surface area contributed by atoms with Crippen LogP contribution in [0, 0.1) is 10.1 Å². The first-order chi connectivity index (χ1) is 15.2. The molecule has 9 nitrogen and oxygen atoms in total. The highest BCUT2D eigenvalue weighted by molar-refractivity contribution is 7.89. The molecule has 2 atom stereocenters. The van der Waals surface area contributed by atoms with Crippen LogP contribution in [0.2, 0.25) is 0 Å². The quantitative estimate of drug-likeness (QED) is 0.309. The maximum absolute atomic E-state index is 13.6. The second-order valence-corrected chi connectivity index (χ2v) is 8.61. The fourth-order valence-electron chi connectivity index (χ4n) is 3.11. The van der Waals surface area contributed by atoms with E-state index in [4.69, 9.17) is 9.47 Å². The number of methoxy groups -OCH3 is 2. The second-order valence-electron chi connectivity index (χ2n) is 6.72. The summed E-state index contributed by atoms with van der Waals surface area (Å²) in [5, 5.41) is 21.5. The number of hydrogen-bond acceptors (Lipinski definition) is 7. The van der Waals surface area contributed by atoms with Crippen molar-refractivity contribution in [2.75, 3.05) is 14.2 Å². The van der Waals surface area contributed by atoms with Crippen molar-refractivity contribution in [1.82, 2.24) is 4.31 Å². The Balaban J connectivity index is 2.60. The van der Waals surface area contributed by atoms with Crippen molar-refractivity contribution in [2.24, 2.45) is 0 Å². The van der Waals surface area contributed by atoms with Gasteiger partial charge in [-0.2, -0.15) is 4.31 Å². The van der Waals surface area contributed by atoms with Crippen molar-refractivity contribution in [1.29, 1.82) is 0 Å². The topological polar surface area (TPSA) is 119 Å². The lowest BCUT2D eigenvalue weighted by Crippen LogP contribution is -2.44. The smallest absolute Gasteiger partial charge is 0.269 e. The second kappa shape index (κ2) is 10.9. The van der Waals surface area contributed by atoms with E-state index >= 15 is 0 Å². The summed E-state index contributed by atoms with van der Waals surface area (Å²) in [5.74, 6) is 0.932. The molecular weight excluding hydrogens is 436 g/mol. The number of ether oxygens (including phenoxy) is 2. The van der Waals surface area contributed by atoms with E-state index in [9.17, 15) is 23.6 Å². The Kier molecular flexibility index (Phi) is 8.53. The minimum atomic E-state index is -4.20. The standard InChI is InChI=1S/C22H26N2O7S/c1-5-7-21(25)20(6-2)23(15-16-8-11-18(30-3)14-22(16)31-4)32(28,29)19-12-9-17(10-13-19)24(26)27/h5-14,20-21,25H,2,15H2,1,3-4H3/b7-5+/t20-,21+/m1/s1. The lowest BCUT2D eigenvalue weighted by molar-refractivity contribution is -0.384. The van der Waals surface area contributed by atoms with E-state index in [0.717, 1.165) is 28.6 Å². The maximum Gasteiger partial charge on any atom is 0.269 e. The molecule has 0 amide bonds. The fraction of sp³-hybridized carbons (Fsp3) is 0.273. The minimum absolute atomic E-state index is 0.155. The molecule has 0 aliphatic heterocycles. The molecule has 1 N–H and O–H groups in total. The number of sulfonamides is 1. The predicted molar refractivity (Wildman–Crippen MR) is 120 cm³/mol. The monoisotopic (exact) mass is 462 g/mol. The van der Waals surface area contributed by atoms with Crippen molar-refractivity contribution in [2.45, 2.75) is 30.5 Å². The molecular formula is C22H26N2O7S. The average Bonchev–Trinajstić information content (AvgIpc) is 2.79. The molecule has 0 fully saturated rings. The molecule has 2 rings (SSSR count). The first-order valence-corrected chi connectivity index (χ1v) is 11.0. The van der Waals surface area contributed by atoms with Crippen LogP contribution in [0.3, 0.4) is 0 Å². The zero-order chi connectivity index (χ0) is 23.9. The van der Waals surface area contributed by atoms with Crippen molar-refractivity contribution in [3.05, 3.63) is 82.9 Å². The third kappa shape index (κ3) is 5.52. The minimum Gasteiger partial charge on any atom is -0.497 e. The Morgan fingerprint density at radius 3 is 2.34 bits per heavy atom. The van der Waals surface area contributed by atoms with Crippen LogP contribution in [0.25, 0.3) is 0 Å². The Bertz CT molecular complexity index is 1080. The number of aliphatic hydroxyl groups excluding tert-OH is 1. The molecule has 2 aromatic carbocycles. The van der Waals surface area contributed by atoms with Crippen LogP contribution < -0.4 is 9.47 Å². The molecule has 0 heterocycles. The van der Waals surface area contributed by atoms with E-state index in [2.05, 4.69) is 6.58 Å². The van der Waals surface area contributed by atoms with Gasteiger partial charge in [-0.1, -0.05) is 24.3 Å². The first kappa shape index (κ1) is 25.1. The summed E-state index contributed by atoms with van der Waals surface area (Å²) in [4.78, 5) is 10.2. The molecule has 0 aromatic heterocycles. The van der Waals surface area contributed by atoms with Crippen molar-refractivity contribution < 1.29 is 27.9 Å². The molecule has 0 bridgehead atoms. The van der Waals surface area contributed by atoms with E-state index in [-0.39, 0.29) is 17.1 Å². The van der Waals surface area contributed by atoms with Gasteiger partial charge in [0.2, 0.25) is 10.0 Å². The van der Waals surface area contributed by atoms with Gasteiger partial charge in [-0.25, -0.2) is 8.42 Å². The number of nitro benzene ring substituents is 1. The van der Waals surface area contributed by atoms with Crippen LogP contribution in [0.1, 0.15) is 12.5 Å². The number of non-ortho nitro benzene ring substituents is 1. The van der Waals surface area contributed by atoms with Gasteiger partial charge in [-0.05, 0) is 25.1 Å². The third-order valence-corrected chi connectivity index (χ3v) is 6.65. The number of nitrogens with zero attached hydrogens (tertiary/aromatic N) is 2. The molecule has 2 aromatic rings. The fourth-order valence-corrected chi connectivity index (χ4v) is 4.71. The molecule has 0 saturated heterocycles. The van der Waals surface area contributed by atoms with Gasteiger partial charge in [0.1, 0.15) is 11.5 Å². The molecule has 0 unspecified atom stereocenters. The van der Waals surface area contributed by atoms with Gasteiger partial charge in [-0.3, -0.25) is 10.1 Å². The van der Waals surface area contributed by atoms with Gasteiger partial charge in [0.15, 0.2) is 0 Å².